The van der Waals surface area contributed by atoms with Crippen molar-refractivity contribution in [2.75, 3.05) is 57.5 Å². The van der Waals surface area contributed by atoms with Crippen LogP contribution in [0.3, 0.4) is 0 Å². The van der Waals surface area contributed by atoms with E-state index in [1.54, 1.807) is 31.2 Å². The predicted molar refractivity (Wildman–Crippen MR) is 203 cm³/mol. The van der Waals surface area contributed by atoms with Crippen LogP contribution in [0.5, 0.6) is 0 Å². The molecule has 0 spiro atoms. The van der Waals surface area contributed by atoms with Crippen molar-refractivity contribution in [2.24, 2.45) is 0 Å². The minimum Gasteiger partial charge on any atom is -0.379 e. The number of morpholine rings is 2. The van der Waals surface area contributed by atoms with E-state index in [9.17, 15) is 8.78 Å². The Hall–Kier alpha value is -5.89. The van der Waals surface area contributed by atoms with Gasteiger partial charge in [-0.25, -0.2) is 8.78 Å². The van der Waals surface area contributed by atoms with Gasteiger partial charge in [0.25, 0.3) is 0 Å². The molecule has 13 heteroatoms. The Morgan fingerprint density at radius 3 is 1.52 bits per heavy atom. The van der Waals surface area contributed by atoms with Crippen LogP contribution in [0.15, 0.2) is 106 Å². The van der Waals surface area contributed by atoms with Crippen LogP contribution < -0.4 is 10.2 Å². The monoisotopic (exact) mass is 750 g/mol. The maximum Gasteiger partial charge on any atom is 0.324 e. The first kappa shape index (κ1) is 39.3. The van der Waals surface area contributed by atoms with Gasteiger partial charge in [0.05, 0.1) is 26.4 Å². The molecule has 2 saturated heterocycles. The SMILES string of the molecule is C1COCCN1.Cc1nc(-c2ccc(C#Cc3cccc(F)c3)cc2)no1.Cl.Fc1cccc(C#Cc2ccc(-c3noc(N4CCOCC4)n3)cc2)c1. The molecular formula is C41H37ClF2N6O4. The highest BCUT2D eigenvalue weighted by molar-refractivity contribution is 5.85. The van der Waals surface area contributed by atoms with Gasteiger partial charge in [-0.1, -0.05) is 46.1 Å². The third-order valence-electron chi connectivity index (χ3n) is 7.71. The smallest absolute Gasteiger partial charge is 0.324 e. The van der Waals surface area contributed by atoms with E-state index in [2.05, 4.69) is 49.3 Å². The molecule has 0 saturated carbocycles. The Bertz CT molecular complexity index is 2180. The number of aromatic nitrogens is 4. The van der Waals surface area contributed by atoms with Crippen LogP contribution in [0.2, 0.25) is 0 Å². The lowest BCUT2D eigenvalue weighted by molar-refractivity contribution is 0.109. The fraction of sp³-hybridized carbons (Fsp3) is 0.220. The molecule has 0 radical (unpaired) electrons. The first-order valence-electron chi connectivity index (χ1n) is 17.0. The number of ether oxygens (including phenoxy) is 2. The highest BCUT2D eigenvalue weighted by atomic mass is 35.5. The fourth-order valence-electron chi connectivity index (χ4n) is 4.97. The summed E-state index contributed by atoms with van der Waals surface area (Å²) in [6, 6.07) is 28.0. The molecule has 2 aromatic heterocycles. The number of anilines is 1. The van der Waals surface area contributed by atoms with E-state index >= 15 is 0 Å². The Balaban J connectivity index is 0.000000180. The molecule has 10 nitrogen and oxygen atoms in total. The molecule has 0 unspecified atom stereocenters. The largest absolute Gasteiger partial charge is 0.379 e. The second kappa shape index (κ2) is 20.4. The first-order valence-corrected chi connectivity index (χ1v) is 17.0. The van der Waals surface area contributed by atoms with Crippen molar-refractivity contribution in [3.8, 4) is 46.5 Å². The van der Waals surface area contributed by atoms with E-state index in [1.807, 2.05) is 53.4 Å². The Morgan fingerprint density at radius 2 is 1.07 bits per heavy atom. The topological polar surface area (TPSA) is 112 Å². The van der Waals surface area contributed by atoms with Gasteiger partial charge in [0.2, 0.25) is 17.5 Å². The Labute approximate surface area is 318 Å². The van der Waals surface area contributed by atoms with E-state index in [-0.39, 0.29) is 24.0 Å². The zero-order chi connectivity index (χ0) is 36.7. The van der Waals surface area contributed by atoms with Crippen molar-refractivity contribution in [1.82, 2.24) is 25.6 Å². The van der Waals surface area contributed by atoms with Crippen LogP contribution in [0.4, 0.5) is 14.8 Å². The normalized spacial score (nSPS) is 13.3. The number of aryl methyl sites for hydroxylation is 1. The van der Waals surface area contributed by atoms with Gasteiger partial charge in [-0.2, -0.15) is 9.97 Å². The maximum atomic E-state index is 13.2. The third kappa shape index (κ3) is 12.1. The zero-order valence-electron chi connectivity index (χ0n) is 29.4. The van der Waals surface area contributed by atoms with E-state index in [1.165, 1.54) is 24.3 Å². The lowest BCUT2D eigenvalue weighted by atomic mass is 10.1. The summed E-state index contributed by atoms with van der Waals surface area (Å²) in [6.45, 7) is 8.40. The quantitative estimate of drug-likeness (QED) is 0.196. The molecule has 0 atom stereocenters. The lowest BCUT2D eigenvalue weighted by Crippen LogP contribution is -2.36. The van der Waals surface area contributed by atoms with Crippen LogP contribution >= 0.6 is 12.4 Å². The molecule has 1 N–H and O–H groups in total. The van der Waals surface area contributed by atoms with E-state index in [0.717, 1.165) is 61.6 Å². The number of nitrogens with zero attached hydrogens (tertiary/aromatic N) is 5. The molecule has 6 aromatic rings. The number of hydrogen-bond donors (Lipinski definition) is 1. The molecule has 276 valence electrons. The Kier molecular flexibility index (Phi) is 14.8. The fourth-order valence-corrected chi connectivity index (χ4v) is 4.97. The van der Waals surface area contributed by atoms with Crippen LogP contribution in [0, 0.1) is 42.2 Å². The molecular weight excluding hydrogens is 714 g/mol. The van der Waals surface area contributed by atoms with Gasteiger partial charge in [0.1, 0.15) is 11.6 Å². The summed E-state index contributed by atoms with van der Waals surface area (Å²) in [6.07, 6.45) is 0. The summed E-state index contributed by atoms with van der Waals surface area (Å²) in [5, 5.41) is 11.1. The summed E-state index contributed by atoms with van der Waals surface area (Å²) < 4.78 is 46.8. The summed E-state index contributed by atoms with van der Waals surface area (Å²) >= 11 is 0. The summed E-state index contributed by atoms with van der Waals surface area (Å²) in [7, 11) is 0. The van der Waals surface area contributed by atoms with E-state index in [0.29, 0.717) is 47.9 Å². The van der Waals surface area contributed by atoms with Crippen molar-refractivity contribution < 1.29 is 27.3 Å². The van der Waals surface area contributed by atoms with Crippen LogP contribution in [0.25, 0.3) is 22.8 Å². The molecule has 2 fully saturated rings. The molecule has 0 amide bonds. The molecule has 0 aliphatic carbocycles. The highest BCUT2D eigenvalue weighted by Crippen LogP contribution is 2.21. The standard InChI is InChI=1S/C20H16FN3O2.C17H11FN2O.C4H9NO.ClH/c21-18-3-1-2-16(14-18)5-4-15-6-8-17(9-7-15)19-22-20(26-23-19)24-10-12-25-13-11-24;1-12-19-17(20-21-12)15-9-7-13(8-10-15)5-6-14-3-2-4-16(18)11-14;1-3-6-4-2-5-1;/h1-3,6-9,14H,10-13H2;2-4,7-11H,1H3;5H,1-4H2;1H. The molecule has 2 aliphatic heterocycles. The van der Waals surface area contributed by atoms with Crippen molar-refractivity contribution >= 4 is 18.4 Å². The van der Waals surface area contributed by atoms with Gasteiger partial charge < -0.3 is 28.7 Å². The summed E-state index contributed by atoms with van der Waals surface area (Å²) in [5.41, 5.74) is 4.67. The molecule has 4 heterocycles. The molecule has 4 aromatic carbocycles. The van der Waals surface area contributed by atoms with Gasteiger partial charge in [0, 0.05) is 66.5 Å². The molecule has 8 rings (SSSR count). The van der Waals surface area contributed by atoms with E-state index in [4.69, 9.17) is 18.5 Å². The minimum absolute atomic E-state index is 0. The second-order valence-corrected chi connectivity index (χ2v) is 11.7. The number of halogens is 3. The minimum atomic E-state index is -0.291. The van der Waals surface area contributed by atoms with Crippen molar-refractivity contribution in [3.63, 3.8) is 0 Å². The van der Waals surface area contributed by atoms with Gasteiger partial charge in [-0.3, -0.25) is 0 Å². The highest BCUT2D eigenvalue weighted by Gasteiger charge is 2.18. The Morgan fingerprint density at radius 1 is 0.593 bits per heavy atom. The average Bonchev–Trinajstić information content (AvgIpc) is 3.88. The molecule has 2 aliphatic rings. The van der Waals surface area contributed by atoms with Crippen molar-refractivity contribution in [3.05, 3.63) is 137 Å². The number of rotatable bonds is 3. The van der Waals surface area contributed by atoms with Crippen molar-refractivity contribution in [1.29, 1.82) is 0 Å². The summed E-state index contributed by atoms with van der Waals surface area (Å²) in [4.78, 5) is 10.6. The number of benzene rings is 4. The number of nitrogens with one attached hydrogen (secondary N) is 1. The summed E-state index contributed by atoms with van der Waals surface area (Å²) in [5.74, 6) is 12.9. The van der Waals surface area contributed by atoms with E-state index < -0.39 is 0 Å². The van der Waals surface area contributed by atoms with Crippen molar-refractivity contribution in [2.45, 2.75) is 6.92 Å². The van der Waals surface area contributed by atoms with Gasteiger partial charge in [-0.05, 0) is 84.9 Å². The second-order valence-electron chi connectivity index (χ2n) is 11.7. The van der Waals surface area contributed by atoms with Gasteiger partial charge in [0.15, 0.2) is 0 Å². The zero-order valence-corrected chi connectivity index (χ0v) is 30.2. The molecule has 54 heavy (non-hydrogen) atoms. The number of hydrogen-bond acceptors (Lipinski definition) is 10. The first-order chi connectivity index (χ1) is 26.0. The average molecular weight is 751 g/mol. The lowest BCUT2D eigenvalue weighted by Gasteiger charge is -2.24. The predicted octanol–water partition coefficient (Wildman–Crippen LogP) is 6.72. The van der Waals surface area contributed by atoms with Crippen LogP contribution in [0.1, 0.15) is 28.1 Å². The van der Waals surface area contributed by atoms with Gasteiger partial charge in [-0.15, -0.1) is 12.4 Å². The van der Waals surface area contributed by atoms with Crippen LogP contribution in [-0.2, 0) is 9.47 Å². The van der Waals surface area contributed by atoms with Crippen LogP contribution in [-0.4, -0.2) is 72.9 Å². The third-order valence-corrected chi connectivity index (χ3v) is 7.71. The van der Waals surface area contributed by atoms with Gasteiger partial charge >= 0.3 is 6.01 Å². The molecule has 0 bridgehead atoms. The maximum absolute atomic E-state index is 13.2.